The van der Waals surface area contributed by atoms with Crippen LogP contribution in [0.15, 0.2) is 41.3 Å². The third kappa shape index (κ3) is 3.27. The lowest BCUT2D eigenvalue weighted by atomic mass is 10.1. The Morgan fingerprint density at radius 2 is 2.47 bits per heavy atom. The van der Waals surface area contributed by atoms with E-state index in [-0.39, 0.29) is 5.75 Å². The Bertz CT molecular complexity index is 663. The minimum Gasteiger partial charge on any atom is -0.492 e. The van der Waals surface area contributed by atoms with Gasteiger partial charge in [0, 0.05) is 33.6 Å². The molecule has 0 saturated heterocycles. The molecule has 0 aliphatic rings. The number of ether oxygens (including phenoxy) is 1. The number of hydrogen-bond donors (Lipinski definition) is 0. The van der Waals surface area contributed by atoms with E-state index in [2.05, 4.69) is 25.9 Å². The van der Waals surface area contributed by atoms with Crippen LogP contribution in [0.4, 0.5) is 0 Å². The minimum absolute atomic E-state index is 0.101. The van der Waals surface area contributed by atoms with Crippen LogP contribution in [0.25, 0.3) is 0 Å². The zero-order chi connectivity index (χ0) is 16.4. The van der Waals surface area contributed by atoms with Gasteiger partial charge in [-0.2, -0.15) is 0 Å². The summed E-state index contributed by atoms with van der Waals surface area (Å²) in [5.41, 5.74) is 1.28. The van der Waals surface area contributed by atoms with Crippen molar-refractivity contribution in [1.82, 2.24) is 9.97 Å². The lowest BCUT2D eigenvalue weighted by Gasteiger charge is -2.08. The smallest absolute Gasteiger partial charge is 0.141 e. The fourth-order valence-corrected chi connectivity index (χ4v) is 1.86. The Morgan fingerprint density at radius 3 is 3.29 bits per heavy atom. The fraction of sp³-hybridized carbons (Fsp3) is 0.231. The molecule has 0 aromatic carbocycles. The van der Waals surface area contributed by atoms with Gasteiger partial charge in [-0.15, -0.1) is 0 Å². The first-order valence-electron chi connectivity index (χ1n) is 7.41. The van der Waals surface area contributed by atoms with Crippen LogP contribution < -0.4 is 4.74 Å². The van der Waals surface area contributed by atoms with Gasteiger partial charge in [0.15, 0.2) is 0 Å². The van der Waals surface area contributed by atoms with Crippen LogP contribution in [0.1, 0.15) is 25.0 Å². The Hall–Kier alpha value is -1.42. The molecule has 0 fully saturated rings. The van der Waals surface area contributed by atoms with Gasteiger partial charge in [0.1, 0.15) is 5.75 Å². The molecule has 0 unspecified atom stereocenters. The van der Waals surface area contributed by atoms with Gasteiger partial charge >= 0.3 is 0 Å². The summed E-state index contributed by atoms with van der Waals surface area (Å²) < 4.78 is 42.6. The van der Waals surface area contributed by atoms with E-state index in [0.717, 1.165) is 10.0 Å². The molecule has 0 bridgehead atoms. The zero-order valence-corrected chi connectivity index (χ0v) is 10.4. The van der Waals surface area contributed by atoms with Gasteiger partial charge in [0.25, 0.3) is 0 Å². The van der Waals surface area contributed by atoms with Crippen molar-refractivity contribution >= 4 is 15.9 Å². The number of pyridine rings is 2. The second-order valence-corrected chi connectivity index (χ2v) is 4.26. The van der Waals surface area contributed by atoms with E-state index in [1.807, 2.05) is 6.07 Å². The molecule has 0 aliphatic carbocycles. The van der Waals surface area contributed by atoms with E-state index in [1.165, 1.54) is 6.07 Å². The van der Waals surface area contributed by atoms with Crippen LogP contribution in [0.5, 0.6) is 5.75 Å². The van der Waals surface area contributed by atoms with Crippen molar-refractivity contribution in [2.24, 2.45) is 0 Å². The van der Waals surface area contributed by atoms with Crippen LogP contribution >= 0.6 is 15.9 Å². The maximum atomic E-state index is 7.56. The number of hydrogen-bond acceptors (Lipinski definition) is 3. The summed E-state index contributed by atoms with van der Waals surface area (Å²) >= 11 is 3.32. The first kappa shape index (κ1) is 7.11. The fourth-order valence-electron chi connectivity index (χ4n) is 1.45. The van der Waals surface area contributed by atoms with Gasteiger partial charge in [-0.3, -0.25) is 9.97 Å². The molecule has 0 N–H and O–H groups in total. The van der Waals surface area contributed by atoms with E-state index >= 15 is 0 Å². The highest BCUT2D eigenvalue weighted by Gasteiger charge is 2.05. The Balaban J connectivity index is 2.28. The van der Waals surface area contributed by atoms with Crippen LogP contribution in [0.3, 0.4) is 0 Å². The summed E-state index contributed by atoms with van der Waals surface area (Å²) in [5, 5.41) is 0. The number of nitrogens with zero attached hydrogens (tertiary/aromatic N) is 2. The highest BCUT2D eigenvalue weighted by molar-refractivity contribution is 9.10. The van der Waals surface area contributed by atoms with Gasteiger partial charge in [0.2, 0.25) is 0 Å². The predicted octanol–water partition coefficient (Wildman–Crippen LogP) is 3.23. The van der Waals surface area contributed by atoms with E-state index in [4.69, 9.17) is 11.6 Å². The second kappa shape index (κ2) is 5.77. The minimum atomic E-state index is -2.89. The summed E-state index contributed by atoms with van der Waals surface area (Å²) in [5.74, 6) is 0.101. The van der Waals surface area contributed by atoms with Crippen molar-refractivity contribution < 1.29 is 11.6 Å². The van der Waals surface area contributed by atoms with Crippen LogP contribution in [0, 0.1) is 0 Å². The molecule has 4 heteroatoms. The third-order valence-corrected chi connectivity index (χ3v) is 2.58. The summed E-state index contributed by atoms with van der Waals surface area (Å²) in [4.78, 5) is 8.20. The summed E-state index contributed by atoms with van der Waals surface area (Å²) in [6.07, 6.45) is 5.19. The highest BCUT2D eigenvalue weighted by atomic mass is 79.9. The molecule has 2 aromatic heterocycles. The van der Waals surface area contributed by atoms with Gasteiger partial charge in [-0.05, 0) is 46.5 Å². The monoisotopic (exact) mass is 297 g/mol. The first-order chi connectivity index (χ1) is 10.2. The second-order valence-electron chi connectivity index (χ2n) is 3.34. The number of rotatable bonds is 4. The van der Waals surface area contributed by atoms with Crippen LogP contribution in [-0.2, 0) is 6.42 Å². The lowest BCUT2D eigenvalue weighted by molar-refractivity contribution is 0.335. The first-order valence-corrected chi connectivity index (χ1v) is 5.71. The predicted molar refractivity (Wildman–Crippen MR) is 70.1 cm³/mol. The van der Waals surface area contributed by atoms with Gasteiger partial charge < -0.3 is 4.74 Å². The Kier molecular flexibility index (Phi) is 2.42. The van der Waals surface area contributed by atoms with Gasteiger partial charge in [0.05, 0.1) is 15.0 Å². The largest absolute Gasteiger partial charge is 0.492 e. The molecule has 2 rings (SSSR count). The van der Waals surface area contributed by atoms with E-state index in [9.17, 15) is 0 Å². The molecule has 0 spiro atoms. The molecule has 2 aromatic rings. The molecule has 3 nitrogen and oxygen atoms in total. The quantitative estimate of drug-likeness (QED) is 0.869. The standard InChI is InChI=1S/C13H13BrN2O/c1-2-17-13-4-3-5-16-12(13)7-10-6-11(14)9-15-8-10/h3-6,8-9H,2,7H2,1H3/i1D3,2D2. The van der Waals surface area contributed by atoms with Crippen molar-refractivity contribution in [2.45, 2.75) is 13.3 Å². The SMILES string of the molecule is [2H]C([2H])([2H])C([2H])([2H])Oc1cccnc1Cc1cncc(Br)c1. The molecular weight excluding hydrogens is 280 g/mol. The van der Waals surface area contributed by atoms with Crippen molar-refractivity contribution in [3.63, 3.8) is 0 Å². The summed E-state index contributed by atoms with van der Waals surface area (Å²) in [6.45, 7) is -5.68. The van der Waals surface area contributed by atoms with Crippen molar-refractivity contribution in [2.75, 3.05) is 6.56 Å². The molecule has 0 amide bonds. The molecule has 2 heterocycles. The van der Waals surface area contributed by atoms with Gasteiger partial charge in [-0.1, -0.05) is 0 Å². The van der Waals surface area contributed by atoms with Crippen molar-refractivity contribution in [1.29, 1.82) is 0 Å². The molecule has 88 valence electrons. The van der Waals surface area contributed by atoms with Crippen molar-refractivity contribution in [3.05, 3.63) is 52.5 Å². The van der Waals surface area contributed by atoms with Crippen LogP contribution in [0.2, 0.25) is 0 Å². The van der Waals surface area contributed by atoms with Crippen LogP contribution in [-0.4, -0.2) is 16.5 Å². The maximum Gasteiger partial charge on any atom is 0.141 e. The average Bonchev–Trinajstić information content (AvgIpc) is 2.39. The molecule has 0 atom stereocenters. The third-order valence-electron chi connectivity index (χ3n) is 2.14. The Labute approximate surface area is 116 Å². The summed E-state index contributed by atoms with van der Waals surface area (Å²) in [7, 11) is 0. The molecule has 0 aliphatic heterocycles. The average molecular weight is 298 g/mol. The Morgan fingerprint density at radius 1 is 1.53 bits per heavy atom. The summed E-state index contributed by atoms with van der Waals surface area (Å²) in [6, 6.07) is 4.91. The lowest BCUT2D eigenvalue weighted by Crippen LogP contribution is -2.00. The van der Waals surface area contributed by atoms with Crippen molar-refractivity contribution in [3.8, 4) is 5.75 Å². The normalized spacial score (nSPS) is 16.2. The maximum absolute atomic E-state index is 7.56. The van der Waals surface area contributed by atoms with Gasteiger partial charge in [-0.25, -0.2) is 0 Å². The number of aromatic nitrogens is 2. The molecule has 0 saturated carbocycles. The van der Waals surface area contributed by atoms with E-state index in [1.54, 1.807) is 24.7 Å². The highest BCUT2D eigenvalue weighted by Crippen LogP contribution is 2.20. The van der Waals surface area contributed by atoms with E-state index < -0.39 is 13.4 Å². The molecular formula is C13H13BrN2O. The van der Waals surface area contributed by atoms with E-state index in [0.29, 0.717) is 12.1 Å². The zero-order valence-electron chi connectivity index (χ0n) is 13.9. The topological polar surface area (TPSA) is 35.0 Å². The molecule has 0 radical (unpaired) electrons. The molecule has 17 heavy (non-hydrogen) atoms. The number of halogens is 1.